The molecule has 29 heavy (non-hydrogen) atoms. The first-order valence-electron chi connectivity index (χ1n) is 9.77. The molecule has 1 amide bonds. The first-order valence-corrected chi connectivity index (χ1v) is 9.77. The molecule has 7 heteroatoms. The van der Waals surface area contributed by atoms with E-state index in [0.717, 1.165) is 41.8 Å². The van der Waals surface area contributed by atoms with Gasteiger partial charge in [-0.15, -0.1) is 0 Å². The van der Waals surface area contributed by atoms with Gasteiger partial charge < -0.3 is 10.2 Å². The van der Waals surface area contributed by atoms with Crippen LogP contribution in [0, 0.1) is 12.8 Å². The summed E-state index contributed by atoms with van der Waals surface area (Å²) in [6, 6.07) is 9.26. The summed E-state index contributed by atoms with van der Waals surface area (Å²) in [6.07, 6.45) is 10.3. The largest absolute Gasteiger partial charge is 0.341 e. The van der Waals surface area contributed by atoms with E-state index in [1.807, 2.05) is 43.6 Å². The van der Waals surface area contributed by atoms with Gasteiger partial charge in [0.25, 0.3) is 0 Å². The summed E-state index contributed by atoms with van der Waals surface area (Å²) in [7, 11) is 0. The number of aromatic nitrogens is 4. The Kier molecular flexibility index (Phi) is 7.22. The number of anilines is 2. The molecule has 1 aliphatic heterocycles. The molecule has 3 aromatic rings. The average molecular weight is 393 g/mol. The lowest BCUT2D eigenvalue weighted by molar-refractivity contribution is -0.105. The van der Waals surface area contributed by atoms with Crippen LogP contribution < -0.4 is 10.2 Å². The minimum absolute atomic E-state index is 0. The van der Waals surface area contributed by atoms with Crippen LogP contribution in [-0.2, 0) is 4.79 Å². The van der Waals surface area contributed by atoms with Crippen molar-refractivity contribution < 1.29 is 6.22 Å². The second kappa shape index (κ2) is 10.3. The summed E-state index contributed by atoms with van der Waals surface area (Å²) in [5, 5.41) is 2.61. The van der Waals surface area contributed by atoms with Crippen molar-refractivity contribution in [1.82, 2.24) is 19.9 Å². The van der Waals surface area contributed by atoms with E-state index in [1.165, 1.54) is 12.8 Å². The molecule has 1 saturated heterocycles. The van der Waals surface area contributed by atoms with Crippen molar-refractivity contribution in [3.63, 3.8) is 0 Å². The Morgan fingerprint density at radius 2 is 1.79 bits per heavy atom. The molecule has 4 rings (SSSR count). The van der Waals surface area contributed by atoms with Crippen LogP contribution >= 0.6 is 0 Å². The predicted molar refractivity (Wildman–Crippen MR) is 117 cm³/mol. The Hall–Kier alpha value is -3.35. The Morgan fingerprint density at radius 1 is 1.10 bits per heavy atom. The SMILES string of the molecule is CC1CCCN(c2ncccn2)C1.Cc1ccc(NC=O)cc1-c1ncccn1.[HH]. The first kappa shape index (κ1) is 20.4. The second-order valence-corrected chi connectivity index (χ2v) is 7.11. The molecule has 1 aliphatic rings. The molecule has 152 valence electrons. The lowest BCUT2D eigenvalue weighted by Crippen LogP contribution is -2.35. The Bertz CT molecular complexity index is 910. The van der Waals surface area contributed by atoms with Gasteiger partial charge in [0.05, 0.1) is 0 Å². The van der Waals surface area contributed by atoms with Gasteiger partial charge in [-0.3, -0.25) is 4.79 Å². The molecule has 0 radical (unpaired) electrons. The molecular formula is C22H28N6O. The molecule has 1 unspecified atom stereocenters. The number of carbonyl (C=O) groups is 1. The van der Waals surface area contributed by atoms with Gasteiger partial charge in [-0.05, 0) is 55.5 Å². The number of amides is 1. The summed E-state index contributed by atoms with van der Waals surface area (Å²) in [5.41, 5.74) is 2.73. The first-order chi connectivity index (χ1) is 14.2. The van der Waals surface area contributed by atoms with Gasteiger partial charge in [-0.2, -0.15) is 0 Å². The van der Waals surface area contributed by atoms with Crippen molar-refractivity contribution in [2.24, 2.45) is 5.92 Å². The smallest absolute Gasteiger partial charge is 0.225 e. The van der Waals surface area contributed by atoms with Gasteiger partial charge in [-0.1, -0.05) is 13.0 Å². The maximum Gasteiger partial charge on any atom is 0.225 e. The van der Waals surface area contributed by atoms with E-state index in [1.54, 1.807) is 18.5 Å². The summed E-state index contributed by atoms with van der Waals surface area (Å²) >= 11 is 0. The molecule has 7 nitrogen and oxygen atoms in total. The fourth-order valence-electron chi connectivity index (χ4n) is 3.28. The molecule has 1 aromatic carbocycles. The number of nitrogens with zero attached hydrogens (tertiary/aromatic N) is 5. The van der Waals surface area contributed by atoms with E-state index >= 15 is 0 Å². The maximum atomic E-state index is 10.4. The third-order valence-corrected chi connectivity index (χ3v) is 4.76. The highest BCUT2D eigenvalue weighted by molar-refractivity contribution is 5.75. The van der Waals surface area contributed by atoms with Gasteiger partial charge in [-0.25, -0.2) is 19.9 Å². The van der Waals surface area contributed by atoms with Crippen molar-refractivity contribution >= 4 is 18.0 Å². The van der Waals surface area contributed by atoms with Crippen LogP contribution in [0.1, 0.15) is 26.8 Å². The lowest BCUT2D eigenvalue weighted by atomic mass is 10.0. The van der Waals surface area contributed by atoms with E-state index in [4.69, 9.17) is 0 Å². The van der Waals surface area contributed by atoms with Crippen molar-refractivity contribution in [2.45, 2.75) is 26.7 Å². The molecule has 0 aliphatic carbocycles. The minimum atomic E-state index is 0. The second-order valence-electron chi connectivity index (χ2n) is 7.11. The van der Waals surface area contributed by atoms with Crippen LogP contribution in [0.5, 0.6) is 0 Å². The normalized spacial score (nSPS) is 15.8. The lowest BCUT2D eigenvalue weighted by Gasteiger charge is -2.30. The summed E-state index contributed by atoms with van der Waals surface area (Å²) in [4.78, 5) is 29.5. The molecule has 1 fully saturated rings. The van der Waals surface area contributed by atoms with Crippen LogP contribution in [-0.4, -0.2) is 39.4 Å². The molecule has 0 bridgehead atoms. The third kappa shape index (κ3) is 5.81. The number of rotatable bonds is 4. The van der Waals surface area contributed by atoms with Crippen molar-refractivity contribution in [3.05, 3.63) is 60.7 Å². The number of benzene rings is 1. The van der Waals surface area contributed by atoms with Crippen LogP contribution in [0.25, 0.3) is 11.4 Å². The molecule has 1 atom stereocenters. The van der Waals surface area contributed by atoms with Crippen molar-refractivity contribution in [2.75, 3.05) is 23.3 Å². The molecule has 0 spiro atoms. The number of hydrogen-bond acceptors (Lipinski definition) is 6. The Labute approximate surface area is 172 Å². The fraction of sp³-hybridized carbons (Fsp3) is 0.318. The highest BCUT2D eigenvalue weighted by atomic mass is 16.1. The monoisotopic (exact) mass is 392 g/mol. The quantitative estimate of drug-likeness (QED) is 0.676. The van der Waals surface area contributed by atoms with Gasteiger partial charge >= 0.3 is 0 Å². The van der Waals surface area contributed by atoms with Crippen molar-refractivity contribution in [1.29, 1.82) is 0 Å². The number of piperidine rings is 1. The predicted octanol–water partition coefficient (Wildman–Crippen LogP) is 3.98. The molecule has 0 saturated carbocycles. The van der Waals surface area contributed by atoms with Crippen LogP contribution in [0.3, 0.4) is 0 Å². The Morgan fingerprint density at radius 3 is 2.45 bits per heavy atom. The average Bonchev–Trinajstić information content (AvgIpc) is 2.77. The number of nitrogens with one attached hydrogen (secondary N) is 1. The third-order valence-electron chi connectivity index (χ3n) is 4.76. The van der Waals surface area contributed by atoms with E-state index in [0.29, 0.717) is 12.2 Å². The number of aryl methyl sites for hydroxylation is 1. The molecule has 1 N–H and O–H groups in total. The van der Waals surface area contributed by atoms with Gasteiger partial charge in [0.2, 0.25) is 12.4 Å². The molecular weight excluding hydrogens is 364 g/mol. The minimum Gasteiger partial charge on any atom is -0.341 e. The molecule has 3 heterocycles. The fourth-order valence-corrected chi connectivity index (χ4v) is 3.28. The standard InChI is InChI=1S/C12H11N3O.C10H15N3.H2/c1-9-3-4-10(15-8-16)7-11(9)12-13-5-2-6-14-12;1-9-4-2-7-13(8-9)10-11-5-3-6-12-10;/h2-8H,1H3,(H,15,16);3,5-6,9H,2,4,7-8H2,1H3;1H. The Balaban J connectivity index is 0.000000211. The number of hydrogen-bond donors (Lipinski definition) is 1. The zero-order chi connectivity index (χ0) is 20.5. The van der Waals surface area contributed by atoms with E-state index in [-0.39, 0.29) is 1.43 Å². The highest BCUT2D eigenvalue weighted by Crippen LogP contribution is 2.23. The van der Waals surface area contributed by atoms with Crippen LogP contribution in [0.2, 0.25) is 0 Å². The highest BCUT2D eigenvalue weighted by Gasteiger charge is 2.17. The van der Waals surface area contributed by atoms with Crippen LogP contribution in [0.4, 0.5) is 11.6 Å². The zero-order valence-corrected chi connectivity index (χ0v) is 16.8. The summed E-state index contributed by atoms with van der Waals surface area (Å²) < 4.78 is 0. The van der Waals surface area contributed by atoms with Crippen LogP contribution in [0.15, 0.2) is 55.1 Å². The zero-order valence-electron chi connectivity index (χ0n) is 16.8. The topological polar surface area (TPSA) is 83.9 Å². The van der Waals surface area contributed by atoms with Gasteiger partial charge in [0.1, 0.15) is 0 Å². The summed E-state index contributed by atoms with van der Waals surface area (Å²) in [6.45, 7) is 6.48. The van der Waals surface area contributed by atoms with Gasteiger partial charge in [0, 0.05) is 50.6 Å². The number of carbonyl (C=O) groups excluding carboxylic acids is 1. The molecule has 2 aromatic heterocycles. The maximum absolute atomic E-state index is 10.4. The van der Waals surface area contributed by atoms with Gasteiger partial charge in [0.15, 0.2) is 5.82 Å². The van der Waals surface area contributed by atoms with E-state index in [9.17, 15) is 4.79 Å². The van der Waals surface area contributed by atoms with Crippen molar-refractivity contribution in [3.8, 4) is 11.4 Å². The van der Waals surface area contributed by atoms with E-state index in [2.05, 4.69) is 37.1 Å². The van der Waals surface area contributed by atoms with E-state index < -0.39 is 0 Å². The summed E-state index contributed by atoms with van der Waals surface area (Å²) in [5.74, 6) is 2.32.